The Balaban J connectivity index is 0.000000370. The van der Waals surface area contributed by atoms with Gasteiger partial charge in [-0.2, -0.15) is 13.2 Å². The Morgan fingerprint density at radius 3 is 2.59 bits per heavy atom. The highest BCUT2D eigenvalue weighted by atomic mass is 32.1. The van der Waals surface area contributed by atoms with Gasteiger partial charge in [-0.3, -0.25) is 9.78 Å². The largest absolute Gasteiger partial charge is 0.490 e. The number of likely N-dealkylation sites (tertiary alicyclic amines) is 2. The van der Waals surface area contributed by atoms with Crippen LogP contribution in [-0.4, -0.2) is 62.6 Å². The predicted molar refractivity (Wildman–Crippen MR) is 103 cm³/mol. The molecule has 0 radical (unpaired) electrons. The second-order valence-electron chi connectivity index (χ2n) is 7.62. The fourth-order valence-electron chi connectivity index (χ4n) is 4.02. The first-order valence-corrected chi connectivity index (χ1v) is 10.7. The maximum Gasteiger partial charge on any atom is 0.490 e. The van der Waals surface area contributed by atoms with Crippen LogP contribution in [0.4, 0.5) is 13.2 Å². The molecule has 10 heteroatoms. The van der Waals surface area contributed by atoms with Gasteiger partial charge in [-0.25, -0.2) is 4.79 Å². The van der Waals surface area contributed by atoms with Gasteiger partial charge in [-0.15, -0.1) is 11.3 Å². The highest BCUT2D eigenvalue weighted by molar-refractivity contribution is 7.09. The topological polar surface area (TPSA) is 73.7 Å². The Morgan fingerprint density at radius 2 is 2.03 bits per heavy atom. The average molecular weight is 436 g/mol. The monoisotopic (exact) mass is 435 g/mol. The molecule has 164 valence electrons. The van der Waals surface area contributed by atoms with Crippen LogP contribution in [-0.2, 0) is 16.1 Å². The van der Waals surface area contributed by atoms with Gasteiger partial charge in [-0.1, -0.05) is 6.92 Å². The minimum absolute atomic E-state index is 0.100. The number of halogens is 3. The maximum absolute atomic E-state index is 12.5. The van der Waals surface area contributed by atoms with E-state index in [-0.39, 0.29) is 5.54 Å². The fraction of sp³-hybridized carbons (Fsp3) is 0.737. The van der Waals surface area contributed by atoms with Gasteiger partial charge in [0.15, 0.2) is 0 Å². The Labute approximate surface area is 172 Å². The van der Waals surface area contributed by atoms with Crippen molar-refractivity contribution in [3.05, 3.63) is 16.6 Å². The summed E-state index contributed by atoms with van der Waals surface area (Å²) in [5.74, 6) is -2.42. The van der Waals surface area contributed by atoms with Crippen molar-refractivity contribution >= 4 is 23.2 Å². The van der Waals surface area contributed by atoms with Gasteiger partial charge < -0.3 is 14.9 Å². The normalized spacial score (nSPS) is 24.2. The third-order valence-corrected chi connectivity index (χ3v) is 6.65. The lowest BCUT2D eigenvalue weighted by Crippen LogP contribution is -2.46. The van der Waals surface area contributed by atoms with Crippen molar-refractivity contribution in [2.45, 2.75) is 76.7 Å². The molecule has 0 aromatic carbocycles. The molecule has 6 nitrogen and oxygen atoms in total. The van der Waals surface area contributed by atoms with E-state index in [1.807, 2.05) is 11.7 Å². The molecule has 2 atom stereocenters. The molecule has 0 aliphatic carbocycles. The summed E-state index contributed by atoms with van der Waals surface area (Å²) in [6.45, 7) is 7.65. The SMILES string of the molecule is CCC(C)N1CCCC2(CCC(=O)N2Cc2cncs2)CC1.O=C(O)C(F)(F)F. The second-order valence-corrected chi connectivity index (χ2v) is 8.59. The molecule has 2 saturated heterocycles. The van der Waals surface area contributed by atoms with Crippen molar-refractivity contribution in [2.24, 2.45) is 0 Å². The zero-order valence-electron chi connectivity index (χ0n) is 16.7. The van der Waals surface area contributed by atoms with Gasteiger partial charge in [-0.05, 0) is 45.6 Å². The van der Waals surface area contributed by atoms with E-state index in [9.17, 15) is 18.0 Å². The molecule has 1 aromatic heterocycles. The van der Waals surface area contributed by atoms with E-state index < -0.39 is 12.1 Å². The molecule has 1 N–H and O–H groups in total. The van der Waals surface area contributed by atoms with Crippen LogP contribution in [0.15, 0.2) is 11.7 Å². The summed E-state index contributed by atoms with van der Waals surface area (Å²) in [5, 5.41) is 7.12. The van der Waals surface area contributed by atoms with Crippen LogP contribution in [0.1, 0.15) is 57.2 Å². The van der Waals surface area contributed by atoms with Gasteiger partial charge in [0, 0.05) is 35.6 Å². The summed E-state index contributed by atoms with van der Waals surface area (Å²) < 4.78 is 31.7. The number of carboxylic acid groups (broad SMARTS) is 1. The van der Waals surface area contributed by atoms with Gasteiger partial charge in [0.25, 0.3) is 0 Å². The number of hydrogen-bond donors (Lipinski definition) is 1. The molecule has 2 fully saturated rings. The van der Waals surface area contributed by atoms with Crippen molar-refractivity contribution in [2.75, 3.05) is 13.1 Å². The molecule has 2 aliphatic rings. The summed E-state index contributed by atoms with van der Waals surface area (Å²) in [4.78, 5) is 31.5. The molecule has 1 aromatic rings. The molecule has 0 bridgehead atoms. The first kappa shape index (κ1) is 23.6. The molecule has 1 spiro atoms. The number of amides is 1. The first-order chi connectivity index (χ1) is 13.6. The van der Waals surface area contributed by atoms with Crippen LogP contribution >= 0.6 is 11.3 Å². The van der Waals surface area contributed by atoms with Crippen LogP contribution in [0.25, 0.3) is 0 Å². The number of carboxylic acids is 1. The third kappa shape index (κ3) is 6.15. The van der Waals surface area contributed by atoms with Gasteiger partial charge in [0.2, 0.25) is 5.91 Å². The maximum atomic E-state index is 12.5. The molecule has 2 aliphatic heterocycles. The van der Waals surface area contributed by atoms with Crippen LogP contribution in [0.3, 0.4) is 0 Å². The van der Waals surface area contributed by atoms with E-state index in [2.05, 4.69) is 28.6 Å². The summed E-state index contributed by atoms with van der Waals surface area (Å²) in [5.41, 5.74) is 1.96. The molecular formula is C19H28F3N3O3S. The van der Waals surface area contributed by atoms with Gasteiger partial charge >= 0.3 is 12.1 Å². The smallest absolute Gasteiger partial charge is 0.475 e. The van der Waals surface area contributed by atoms with E-state index in [0.717, 1.165) is 38.8 Å². The Bertz CT molecular complexity index is 684. The van der Waals surface area contributed by atoms with Gasteiger partial charge in [0.1, 0.15) is 0 Å². The lowest BCUT2D eigenvalue weighted by Gasteiger charge is -2.38. The summed E-state index contributed by atoms with van der Waals surface area (Å²) in [6.07, 6.45) is 3.28. The summed E-state index contributed by atoms with van der Waals surface area (Å²) >= 11 is 1.66. The second kappa shape index (κ2) is 9.88. The summed E-state index contributed by atoms with van der Waals surface area (Å²) in [7, 11) is 0. The number of hydrogen-bond acceptors (Lipinski definition) is 5. The van der Waals surface area contributed by atoms with E-state index in [1.54, 1.807) is 11.3 Å². The molecule has 3 heterocycles. The number of rotatable bonds is 4. The van der Waals surface area contributed by atoms with Gasteiger partial charge in [0.05, 0.1) is 12.1 Å². The van der Waals surface area contributed by atoms with Crippen molar-refractivity contribution in [3.8, 4) is 0 Å². The number of carbonyl (C=O) groups excluding carboxylic acids is 1. The number of aromatic nitrogens is 1. The highest BCUT2D eigenvalue weighted by Gasteiger charge is 2.45. The minimum Gasteiger partial charge on any atom is -0.475 e. The standard InChI is InChI=1S/C17H27N3OS.C2HF3O2/c1-3-14(2)19-9-4-6-17(8-10-19)7-5-16(21)20(17)12-15-11-18-13-22-15;3-2(4,5)1(6)7/h11,13-14H,3-10,12H2,1-2H3;(H,6,7). The van der Waals surface area contributed by atoms with Crippen molar-refractivity contribution in [1.29, 1.82) is 0 Å². The average Bonchev–Trinajstić information content (AvgIpc) is 3.21. The Hall–Kier alpha value is -1.68. The van der Waals surface area contributed by atoms with Crippen LogP contribution in [0.2, 0.25) is 0 Å². The number of nitrogens with zero attached hydrogens (tertiary/aromatic N) is 3. The predicted octanol–water partition coefficient (Wildman–Crippen LogP) is 3.92. The highest BCUT2D eigenvalue weighted by Crippen LogP contribution is 2.40. The number of alkyl halides is 3. The van der Waals surface area contributed by atoms with E-state index in [0.29, 0.717) is 11.9 Å². The zero-order valence-corrected chi connectivity index (χ0v) is 17.6. The van der Waals surface area contributed by atoms with Crippen molar-refractivity contribution in [1.82, 2.24) is 14.8 Å². The lowest BCUT2D eigenvalue weighted by atomic mass is 9.87. The number of aliphatic carboxylic acids is 1. The molecule has 1 amide bonds. The van der Waals surface area contributed by atoms with Crippen LogP contribution < -0.4 is 0 Å². The Morgan fingerprint density at radius 1 is 1.34 bits per heavy atom. The summed E-state index contributed by atoms with van der Waals surface area (Å²) in [6, 6.07) is 0.655. The number of carbonyl (C=O) groups is 2. The zero-order chi connectivity index (χ0) is 21.7. The minimum atomic E-state index is -5.08. The van der Waals surface area contributed by atoms with Crippen molar-refractivity contribution < 1.29 is 27.9 Å². The molecule has 3 rings (SSSR count). The molecular weight excluding hydrogens is 407 g/mol. The lowest BCUT2D eigenvalue weighted by molar-refractivity contribution is -0.192. The van der Waals surface area contributed by atoms with Crippen LogP contribution in [0.5, 0.6) is 0 Å². The Kier molecular flexibility index (Phi) is 8.04. The third-order valence-electron chi connectivity index (χ3n) is 5.88. The fourth-order valence-corrected chi connectivity index (χ4v) is 4.61. The molecule has 2 unspecified atom stereocenters. The van der Waals surface area contributed by atoms with Crippen LogP contribution in [0, 0.1) is 0 Å². The quantitative estimate of drug-likeness (QED) is 0.776. The first-order valence-electron chi connectivity index (χ1n) is 9.81. The molecule has 0 saturated carbocycles. The number of thiazole rings is 1. The van der Waals surface area contributed by atoms with E-state index in [4.69, 9.17) is 9.90 Å². The van der Waals surface area contributed by atoms with Crippen molar-refractivity contribution in [3.63, 3.8) is 0 Å². The van der Waals surface area contributed by atoms with E-state index >= 15 is 0 Å². The van der Waals surface area contributed by atoms with E-state index in [1.165, 1.54) is 24.3 Å². The molecule has 29 heavy (non-hydrogen) atoms.